The average molecular weight is 482 g/mol. The predicted octanol–water partition coefficient (Wildman–Crippen LogP) is 4.34. The molecule has 1 atom stereocenters. The fraction of sp³-hybridized carbons (Fsp3) is 0.346. The number of hydrogen-bond donors (Lipinski definition) is 1. The number of nitrogens with two attached hydrogens (primary N) is 1. The Bertz CT molecular complexity index is 1130. The van der Waals surface area contributed by atoms with Crippen molar-refractivity contribution < 1.29 is 19.1 Å². The van der Waals surface area contributed by atoms with E-state index < -0.39 is 23.4 Å². The van der Waals surface area contributed by atoms with E-state index in [9.17, 15) is 9.59 Å². The van der Waals surface area contributed by atoms with Gasteiger partial charge >= 0.3 is 5.97 Å². The summed E-state index contributed by atoms with van der Waals surface area (Å²) in [5.74, 6) is 5.51. The Labute approximate surface area is 204 Å². The first kappa shape index (κ1) is 25.5. The Balaban J connectivity index is 1.68. The first-order valence-electron chi connectivity index (χ1n) is 11.0. The van der Waals surface area contributed by atoms with Gasteiger partial charge in [0.05, 0.1) is 24.9 Å². The van der Waals surface area contributed by atoms with E-state index in [-0.39, 0.29) is 12.3 Å². The van der Waals surface area contributed by atoms with E-state index in [1.165, 1.54) is 11.8 Å². The molecule has 0 bridgehead atoms. The number of methoxy groups -OCH3 is 1. The minimum absolute atomic E-state index is 0.166. The van der Waals surface area contributed by atoms with E-state index in [2.05, 4.69) is 4.98 Å². The van der Waals surface area contributed by atoms with E-state index in [1.807, 2.05) is 48.5 Å². The zero-order valence-corrected chi connectivity index (χ0v) is 20.8. The zero-order chi connectivity index (χ0) is 24.7. The molecule has 0 unspecified atom stereocenters. The zero-order valence-electron chi connectivity index (χ0n) is 20.0. The highest BCUT2D eigenvalue weighted by Gasteiger charge is 2.33. The second-order valence-electron chi connectivity index (χ2n) is 8.91. The number of ether oxygens (including phenoxy) is 2. The van der Waals surface area contributed by atoms with Gasteiger partial charge in [0.25, 0.3) is 5.91 Å². The number of fused-ring (bicyclic) bond motifs is 1. The Morgan fingerprint density at radius 2 is 1.76 bits per heavy atom. The molecule has 0 aliphatic rings. The van der Waals surface area contributed by atoms with Gasteiger partial charge in [0.1, 0.15) is 17.3 Å². The van der Waals surface area contributed by atoms with Crippen LogP contribution in [0.5, 0.6) is 5.75 Å². The predicted molar refractivity (Wildman–Crippen MR) is 135 cm³/mol. The minimum atomic E-state index is -1.02. The van der Waals surface area contributed by atoms with Crippen molar-refractivity contribution in [2.24, 2.45) is 11.8 Å². The smallest absolute Gasteiger partial charge is 0.319 e. The molecule has 0 radical (unpaired) electrons. The molecule has 180 valence electrons. The molecule has 0 saturated carbocycles. The van der Waals surface area contributed by atoms with Crippen LogP contribution in [0.4, 0.5) is 0 Å². The van der Waals surface area contributed by atoms with Crippen LogP contribution < -0.4 is 10.6 Å². The summed E-state index contributed by atoms with van der Waals surface area (Å²) in [5.41, 5.74) is 1.90. The molecule has 2 aromatic carbocycles. The van der Waals surface area contributed by atoms with Crippen molar-refractivity contribution in [3.8, 4) is 5.75 Å². The Kier molecular flexibility index (Phi) is 8.52. The Morgan fingerprint density at radius 1 is 1.06 bits per heavy atom. The first-order valence-corrected chi connectivity index (χ1v) is 12.2. The number of thioether (sulfide) groups is 1. The molecule has 0 saturated heterocycles. The molecule has 34 heavy (non-hydrogen) atoms. The normalized spacial score (nSPS) is 12.3. The number of carbonyl (C=O) groups is 2. The maximum atomic E-state index is 13.2. The van der Waals surface area contributed by atoms with Crippen LogP contribution in [-0.4, -0.2) is 40.3 Å². The lowest BCUT2D eigenvalue weighted by molar-refractivity contribution is -0.164. The molecule has 3 rings (SSSR count). The Morgan fingerprint density at radius 3 is 2.44 bits per heavy atom. The van der Waals surface area contributed by atoms with Gasteiger partial charge in [-0.1, -0.05) is 36.4 Å². The number of rotatable bonds is 9. The van der Waals surface area contributed by atoms with Crippen molar-refractivity contribution in [1.82, 2.24) is 9.99 Å². The minimum Gasteiger partial charge on any atom is -0.497 e. The lowest BCUT2D eigenvalue weighted by atomic mass is 10.1. The monoisotopic (exact) mass is 481 g/mol. The summed E-state index contributed by atoms with van der Waals surface area (Å²) in [6.45, 7) is 5.49. The number of nitrogens with zero attached hydrogens (tertiary/aromatic N) is 2. The molecule has 0 aliphatic carbocycles. The number of para-hydroxylation sites is 1. The van der Waals surface area contributed by atoms with Crippen LogP contribution in [0.2, 0.25) is 0 Å². The number of hydrogen-bond acceptors (Lipinski definition) is 7. The van der Waals surface area contributed by atoms with Crippen molar-refractivity contribution in [3.63, 3.8) is 0 Å². The summed E-state index contributed by atoms with van der Waals surface area (Å²) in [7, 11) is 1.59. The summed E-state index contributed by atoms with van der Waals surface area (Å²) in [5, 5.41) is 2.14. The van der Waals surface area contributed by atoms with Crippen LogP contribution >= 0.6 is 11.8 Å². The van der Waals surface area contributed by atoms with Crippen molar-refractivity contribution >= 4 is 34.5 Å². The topological polar surface area (TPSA) is 94.8 Å². The van der Waals surface area contributed by atoms with Crippen LogP contribution in [-0.2, 0) is 26.6 Å². The van der Waals surface area contributed by atoms with Crippen molar-refractivity contribution in [2.45, 2.75) is 38.7 Å². The fourth-order valence-electron chi connectivity index (χ4n) is 3.29. The summed E-state index contributed by atoms with van der Waals surface area (Å²) in [6.07, 6.45) is 0. The number of carbonyl (C=O) groups excluding carboxylic acids is 2. The van der Waals surface area contributed by atoms with E-state index in [0.717, 1.165) is 27.2 Å². The van der Waals surface area contributed by atoms with E-state index in [0.29, 0.717) is 11.5 Å². The van der Waals surface area contributed by atoms with Crippen LogP contribution in [0, 0.1) is 5.92 Å². The van der Waals surface area contributed by atoms with Crippen molar-refractivity contribution in [3.05, 3.63) is 71.9 Å². The molecule has 1 aromatic heterocycles. The van der Waals surface area contributed by atoms with Gasteiger partial charge in [-0.05, 0) is 50.6 Å². The van der Waals surface area contributed by atoms with Crippen LogP contribution in [0.25, 0.3) is 10.9 Å². The average Bonchev–Trinajstić information content (AvgIpc) is 2.80. The van der Waals surface area contributed by atoms with Crippen LogP contribution in [0.3, 0.4) is 0 Å². The highest BCUT2D eigenvalue weighted by molar-refractivity contribution is 7.98. The van der Waals surface area contributed by atoms with Gasteiger partial charge in [-0.2, -0.15) is 11.8 Å². The third kappa shape index (κ3) is 7.20. The third-order valence-electron chi connectivity index (χ3n) is 4.97. The van der Waals surface area contributed by atoms with Gasteiger partial charge < -0.3 is 9.47 Å². The third-order valence-corrected chi connectivity index (χ3v) is 6.04. The number of esters is 1. The van der Waals surface area contributed by atoms with Crippen LogP contribution in [0.1, 0.15) is 32.0 Å². The van der Waals surface area contributed by atoms with E-state index in [4.69, 9.17) is 15.3 Å². The molecule has 2 N–H and O–H groups in total. The second-order valence-corrected chi connectivity index (χ2v) is 9.94. The lowest BCUT2D eigenvalue weighted by Crippen LogP contribution is -2.46. The molecule has 1 amide bonds. The highest BCUT2D eigenvalue weighted by Crippen LogP contribution is 2.22. The molecule has 0 fully saturated rings. The number of pyridine rings is 1. The quantitative estimate of drug-likeness (QED) is 0.160. The fourth-order valence-corrected chi connectivity index (χ4v) is 4.29. The largest absolute Gasteiger partial charge is 0.497 e. The number of benzene rings is 2. The summed E-state index contributed by atoms with van der Waals surface area (Å²) in [6, 6.07) is 19.1. The molecule has 7 nitrogen and oxygen atoms in total. The molecular weight excluding hydrogens is 450 g/mol. The number of amides is 1. The number of aromatic nitrogens is 1. The Hall–Kier alpha value is -3.10. The summed E-state index contributed by atoms with van der Waals surface area (Å²) in [4.78, 5) is 30.7. The molecule has 8 heteroatoms. The maximum Gasteiger partial charge on any atom is 0.319 e. The molecular formula is C26H31N3O4S. The second kappa shape index (κ2) is 11.4. The highest BCUT2D eigenvalue weighted by atomic mass is 32.2. The standard InChI is InChI=1S/C26H31N3O4S/c1-26(2,3)33-25(31)22(24(30)29(27)15-18-9-13-21(32-4)14-10-18)17-34-16-20-12-11-19-7-5-6-8-23(19)28-20/h5-14,22H,15-17,27H2,1-4H3/t22-/m1/s1. The maximum absolute atomic E-state index is 13.2. The van der Waals surface area contributed by atoms with E-state index >= 15 is 0 Å². The van der Waals surface area contributed by atoms with Gasteiger partial charge in [-0.3, -0.25) is 19.6 Å². The lowest BCUT2D eigenvalue weighted by Gasteiger charge is -2.26. The van der Waals surface area contributed by atoms with Gasteiger partial charge in [0.15, 0.2) is 0 Å². The van der Waals surface area contributed by atoms with Crippen molar-refractivity contribution in [1.29, 1.82) is 0 Å². The summed E-state index contributed by atoms with van der Waals surface area (Å²) >= 11 is 1.45. The molecule has 3 aromatic rings. The van der Waals surface area contributed by atoms with Gasteiger partial charge in [0, 0.05) is 16.9 Å². The SMILES string of the molecule is COc1ccc(CN(N)C(=O)[C@@H](CSCc2ccc3ccccc3n2)C(=O)OC(C)(C)C)cc1. The molecule has 1 heterocycles. The molecule has 0 aliphatic heterocycles. The summed E-state index contributed by atoms with van der Waals surface area (Å²) < 4.78 is 10.7. The van der Waals surface area contributed by atoms with Gasteiger partial charge in [0.2, 0.25) is 0 Å². The van der Waals surface area contributed by atoms with Crippen molar-refractivity contribution in [2.75, 3.05) is 12.9 Å². The van der Waals surface area contributed by atoms with E-state index in [1.54, 1.807) is 40.0 Å². The van der Waals surface area contributed by atoms with Crippen LogP contribution in [0.15, 0.2) is 60.7 Å². The van der Waals surface area contributed by atoms with Gasteiger partial charge in [-0.15, -0.1) is 0 Å². The molecule has 0 spiro atoms. The first-order chi connectivity index (χ1) is 16.2. The number of hydrazine groups is 1. The van der Waals surface area contributed by atoms with Gasteiger partial charge in [-0.25, -0.2) is 5.84 Å².